The Labute approximate surface area is 217 Å². The molecule has 0 bridgehead atoms. The van der Waals surface area contributed by atoms with Gasteiger partial charge >= 0.3 is 0 Å². The van der Waals surface area contributed by atoms with Crippen LogP contribution < -0.4 is 10.6 Å². The lowest BCUT2D eigenvalue weighted by molar-refractivity contribution is -0.167. The molecule has 9 heteroatoms. The van der Waals surface area contributed by atoms with Crippen molar-refractivity contribution in [2.24, 2.45) is 17.3 Å². The topological polar surface area (TPSA) is 112 Å². The van der Waals surface area contributed by atoms with Crippen molar-refractivity contribution in [1.82, 2.24) is 15.4 Å². The van der Waals surface area contributed by atoms with Crippen LogP contribution in [0.25, 0.3) is 0 Å². The zero-order chi connectivity index (χ0) is 26.3. The summed E-state index contributed by atoms with van der Waals surface area (Å²) in [5.41, 5.74) is 0.780. The highest BCUT2D eigenvalue weighted by atomic mass is 32.1. The monoisotopic (exact) mass is 514 g/mol. The van der Waals surface area contributed by atoms with E-state index < -0.39 is 23.4 Å². The molecule has 196 valence electrons. The molecule has 36 heavy (non-hydrogen) atoms. The number of rotatable bonds is 10. The first-order valence-electron chi connectivity index (χ1n) is 12.6. The van der Waals surface area contributed by atoms with Gasteiger partial charge in [-0.25, -0.2) is 10.0 Å². The highest BCUT2D eigenvalue weighted by Crippen LogP contribution is 2.39. The molecule has 3 rings (SSSR count). The van der Waals surface area contributed by atoms with E-state index >= 15 is 0 Å². The van der Waals surface area contributed by atoms with Gasteiger partial charge in [0, 0.05) is 11.6 Å². The maximum atomic E-state index is 13.6. The number of carbonyl (C=O) groups is 3. The van der Waals surface area contributed by atoms with E-state index in [1.54, 1.807) is 18.5 Å². The van der Waals surface area contributed by atoms with Crippen molar-refractivity contribution in [2.75, 3.05) is 5.32 Å². The minimum atomic E-state index is -0.819. The quantitative estimate of drug-likeness (QED) is 0.239. The van der Waals surface area contributed by atoms with Crippen LogP contribution in [-0.4, -0.2) is 45.6 Å². The second-order valence-electron chi connectivity index (χ2n) is 10.8. The van der Waals surface area contributed by atoms with E-state index in [-0.39, 0.29) is 11.8 Å². The summed E-state index contributed by atoms with van der Waals surface area (Å²) in [6, 6.07) is 8.94. The number of thiazole rings is 1. The Morgan fingerprint density at radius 2 is 1.83 bits per heavy atom. The standard InChI is InChI=1S/C27H38N4O4S/c1-18(31(35)17-32)22(16-19-10-12-21(13-11-19)20-8-6-5-7-9-20)24(33)29-23(27(2,3)4)25(34)30-26-28-14-15-36-26/h5-9,14-15,17-19,21-23,35H,10-13,16H2,1-4H3,(H,29,33)(H,28,30,34). The third-order valence-electron chi connectivity index (χ3n) is 7.23. The highest BCUT2D eigenvalue weighted by Gasteiger charge is 2.38. The summed E-state index contributed by atoms with van der Waals surface area (Å²) in [6.45, 7) is 7.31. The Hall–Kier alpha value is -2.78. The van der Waals surface area contributed by atoms with E-state index in [1.807, 2.05) is 26.8 Å². The second-order valence-corrected chi connectivity index (χ2v) is 11.7. The lowest BCUT2D eigenvalue weighted by Gasteiger charge is -2.36. The number of nitrogens with zero attached hydrogens (tertiary/aromatic N) is 2. The van der Waals surface area contributed by atoms with Crippen LogP contribution in [0, 0.1) is 17.3 Å². The predicted octanol–water partition coefficient (Wildman–Crippen LogP) is 4.83. The van der Waals surface area contributed by atoms with Crippen LogP contribution in [-0.2, 0) is 14.4 Å². The highest BCUT2D eigenvalue weighted by molar-refractivity contribution is 7.13. The normalized spacial score (nSPS) is 20.6. The van der Waals surface area contributed by atoms with Crippen LogP contribution in [0.4, 0.5) is 5.13 Å². The van der Waals surface area contributed by atoms with Gasteiger partial charge in [0.25, 0.3) is 0 Å². The third-order valence-corrected chi connectivity index (χ3v) is 7.92. The van der Waals surface area contributed by atoms with Gasteiger partial charge in [-0.15, -0.1) is 11.3 Å². The average molecular weight is 515 g/mol. The third kappa shape index (κ3) is 7.36. The molecule has 2 aromatic rings. The number of amides is 3. The number of hydrogen-bond donors (Lipinski definition) is 3. The fraction of sp³-hybridized carbons (Fsp3) is 0.556. The van der Waals surface area contributed by atoms with Crippen molar-refractivity contribution in [3.63, 3.8) is 0 Å². The van der Waals surface area contributed by atoms with Crippen molar-refractivity contribution in [3.8, 4) is 0 Å². The van der Waals surface area contributed by atoms with Gasteiger partial charge in [0.1, 0.15) is 6.04 Å². The summed E-state index contributed by atoms with van der Waals surface area (Å²) in [4.78, 5) is 42.0. The molecule has 1 heterocycles. The van der Waals surface area contributed by atoms with Crippen molar-refractivity contribution >= 4 is 34.7 Å². The van der Waals surface area contributed by atoms with Crippen LogP contribution in [0.5, 0.6) is 0 Å². The van der Waals surface area contributed by atoms with E-state index in [4.69, 9.17) is 0 Å². The fourth-order valence-corrected chi connectivity index (χ4v) is 5.54. The summed E-state index contributed by atoms with van der Waals surface area (Å²) in [5, 5.41) is 18.6. The van der Waals surface area contributed by atoms with Crippen LogP contribution >= 0.6 is 11.3 Å². The van der Waals surface area contributed by atoms with Gasteiger partial charge < -0.3 is 10.6 Å². The molecule has 0 radical (unpaired) electrons. The largest absolute Gasteiger partial charge is 0.343 e. The molecule has 1 aromatic heterocycles. The van der Waals surface area contributed by atoms with Crippen LogP contribution in [0.3, 0.4) is 0 Å². The summed E-state index contributed by atoms with van der Waals surface area (Å²) < 4.78 is 0. The summed E-state index contributed by atoms with van der Waals surface area (Å²) in [6.07, 6.45) is 6.47. The van der Waals surface area contributed by atoms with Crippen molar-refractivity contribution < 1.29 is 19.6 Å². The van der Waals surface area contributed by atoms with Gasteiger partial charge in [-0.2, -0.15) is 0 Å². The summed E-state index contributed by atoms with van der Waals surface area (Å²) >= 11 is 1.30. The van der Waals surface area contributed by atoms with Gasteiger partial charge in [0.2, 0.25) is 18.2 Å². The molecule has 3 unspecified atom stereocenters. The number of anilines is 1. The summed E-state index contributed by atoms with van der Waals surface area (Å²) in [5.74, 6) is -0.549. The Bertz CT molecular complexity index is 985. The zero-order valence-corrected chi connectivity index (χ0v) is 22.3. The molecule has 1 aliphatic carbocycles. The number of hydrogen-bond acceptors (Lipinski definition) is 6. The maximum Gasteiger partial charge on any atom is 0.249 e. The number of nitrogens with one attached hydrogen (secondary N) is 2. The van der Waals surface area contributed by atoms with Crippen molar-refractivity contribution in [3.05, 3.63) is 47.5 Å². The minimum Gasteiger partial charge on any atom is -0.343 e. The molecule has 8 nitrogen and oxygen atoms in total. The molecule has 1 aliphatic rings. The van der Waals surface area contributed by atoms with Gasteiger partial charge in [-0.1, -0.05) is 51.1 Å². The van der Waals surface area contributed by atoms with E-state index in [0.29, 0.717) is 34.9 Å². The molecule has 3 amide bonds. The Morgan fingerprint density at radius 3 is 2.39 bits per heavy atom. The molecular formula is C27H38N4O4S. The van der Waals surface area contributed by atoms with Gasteiger partial charge in [-0.3, -0.25) is 19.6 Å². The average Bonchev–Trinajstić information content (AvgIpc) is 3.38. The fourth-order valence-electron chi connectivity index (χ4n) is 5.01. The van der Waals surface area contributed by atoms with Crippen molar-refractivity contribution in [1.29, 1.82) is 0 Å². The van der Waals surface area contributed by atoms with Crippen LogP contribution in [0.15, 0.2) is 41.9 Å². The van der Waals surface area contributed by atoms with Gasteiger partial charge in [0.15, 0.2) is 5.13 Å². The van der Waals surface area contributed by atoms with Crippen LogP contribution in [0.1, 0.15) is 71.3 Å². The molecule has 0 spiro atoms. The number of carbonyl (C=O) groups excluding carboxylic acids is 3. The van der Waals surface area contributed by atoms with Crippen molar-refractivity contribution in [2.45, 2.75) is 77.8 Å². The minimum absolute atomic E-state index is 0.292. The van der Waals surface area contributed by atoms with E-state index in [0.717, 1.165) is 25.7 Å². The summed E-state index contributed by atoms with van der Waals surface area (Å²) in [7, 11) is 0. The lowest BCUT2D eigenvalue weighted by Crippen LogP contribution is -2.55. The first kappa shape index (κ1) is 27.8. The predicted molar refractivity (Wildman–Crippen MR) is 141 cm³/mol. The molecule has 3 atom stereocenters. The SMILES string of the molecule is CC(C(CC1CCC(c2ccccc2)CC1)C(=O)NC(C(=O)Nc1nccs1)C(C)(C)C)N(O)C=O. The first-order valence-corrected chi connectivity index (χ1v) is 13.5. The lowest BCUT2D eigenvalue weighted by atomic mass is 9.74. The molecule has 0 aliphatic heterocycles. The number of benzene rings is 1. The smallest absolute Gasteiger partial charge is 0.249 e. The Morgan fingerprint density at radius 1 is 1.17 bits per heavy atom. The number of hydroxylamine groups is 2. The molecule has 1 fully saturated rings. The zero-order valence-electron chi connectivity index (χ0n) is 21.5. The first-order chi connectivity index (χ1) is 17.1. The Kier molecular flexibility index (Phi) is 9.62. The number of aromatic nitrogens is 1. The van der Waals surface area contributed by atoms with E-state index in [2.05, 4.69) is 39.9 Å². The van der Waals surface area contributed by atoms with E-state index in [9.17, 15) is 19.6 Å². The van der Waals surface area contributed by atoms with Crippen LogP contribution in [0.2, 0.25) is 0 Å². The second kappa shape index (κ2) is 12.5. The van der Waals surface area contributed by atoms with Gasteiger partial charge in [-0.05, 0) is 61.8 Å². The van der Waals surface area contributed by atoms with Gasteiger partial charge in [0.05, 0.1) is 12.0 Å². The molecule has 1 aromatic carbocycles. The Balaban J connectivity index is 1.70. The molecular weight excluding hydrogens is 476 g/mol. The molecule has 3 N–H and O–H groups in total. The molecule has 1 saturated carbocycles. The molecule has 0 saturated heterocycles. The van der Waals surface area contributed by atoms with E-state index in [1.165, 1.54) is 16.9 Å². The maximum absolute atomic E-state index is 13.6.